The second kappa shape index (κ2) is 9.80. The third-order valence-corrected chi connectivity index (χ3v) is 9.96. The van der Waals surface area contributed by atoms with Crippen molar-refractivity contribution in [3.8, 4) is 5.75 Å². The van der Waals surface area contributed by atoms with Gasteiger partial charge in [-0.05, 0) is 49.4 Å². The van der Waals surface area contributed by atoms with E-state index in [0.717, 1.165) is 6.42 Å². The summed E-state index contributed by atoms with van der Waals surface area (Å²) in [5.74, 6) is -14.2. The standard InChI is InChI=1S/C31H38N2O9/c1-12-14-10-11-15(30(2,3)4)22(34)17(14)23(35)18-16(12)25(42-29(40)13-8-7-9-13)20-21(33(5)6)24(36)19(28(32)39)27(38)31(20,41)26(18)37/h10-13,16,18-21,25,34,41H,7-9H2,1-6H3,(H2,32,39)/t12-,16+,18?,19?,20+,21-,25-,31-/m1/s1. The molecular weight excluding hydrogens is 544 g/mol. The maximum atomic E-state index is 14.4. The molecule has 1 aromatic rings. The number of rotatable bonds is 4. The van der Waals surface area contributed by atoms with E-state index in [2.05, 4.69) is 0 Å². The molecular formula is C31H38N2O9. The molecule has 4 aliphatic carbocycles. The number of nitrogens with two attached hydrogens (primary N) is 1. The van der Waals surface area contributed by atoms with Crippen LogP contribution in [0.2, 0.25) is 0 Å². The van der Waals surface area contributed by atoms with Crippen LogP contribution in [0, 0.1) is 29.6 Å². The largest absolute Gasteiger partial charge is 0.507 e. The van der Waals surface area contributed by atoms with Crippen LogP contribution in [0.1, 0.15) is 74.4 Å². The quantitative estimate of drug-likeness (QED) is 0.343. The monoisotopic (exact) mass is 582 g/mol. The van der Waals surface area contributed by atoms with Crippen molar-refractivity contribution in [1.82, 2.24) is 4.90 Å². The van der Waals surface area contributed by atoms with E-state index >= 15 is 0 Å². The molecule has 42 heavy (non-hydrogen) atoms. The number of amides is 1. The van der Waals surface area contributed by atoms with Crippen LogP contribution in [0.3, 0.4) is 0 Å². The molecule has 4 N–H and O–H groups in total. The summed E-state index contributed by atoms with van der Waals surface area (Å²) in [5, 5.41) is 23.4. The molecule has 11 heteroatoms. The van der Waals surface area contributed by atoms with Crippen LogP contribution in [0.15, 0.2) is 12.1 Å². The zero-order valence-electron chi connectivity index (χ0n) is 24.7. The third-order valence-electron chi connectivity index (χ3n) is 9.96. The van der Waals surface area contributed by atoms with Gasteiger partial charge in [0.2, 0.25) is 5.91 Å². The first kappa shape index (κ1) is 30.0. The number of ether oxygens (including phenoxy) is 1. The number of ketones is 4. The molecule has 4 aliphatic rings. The first-order valence-electron chi connectivity index (χ1n) is 14.4. The first-order valence-corrected chi connectivity index (χ1v) is 14.4. The lowest BCUT2D eigenvalue weighted by Gasteiger charge is -2.56. The highest BCUT2D eigenvalue weighted by atomic mass is 16.5. The highest BCUT2D eigenvalue weighted by molar-refractivity contribution is 6.32. The Morgan fingerprint density at radius 3 is 2.19 bits per heavy atom. The Hall–Kier alpha value is -3.44. The van der Waals surface area contributed by atoms with Gasteiger partial charge in [0.05, 0.1) is 29.4 Å². The number of benzene rings is 1. The topological polar surface area (TPSA) is 181 Å². The summed E-state index contributed by atoms with van der Waals surface area (Å²) >= 11 is 0. The summed E-state index contributed by atoms with van der Waals surface area (Å²) < 4.78 is 6.05. The lowest BCUT2D eigenvalue weighted by Crippen LogP contribution is -2.78. The molecule has 5 rings (SSSR count). The lowest BCUT2D eigenvalue weighted by molar-refractivity contribution is -0.208. The van der Waals surface area contributed by atoms with E-state index in [4.69, 9.17) is 10.5 Å². The number of hydrogen-bond acceptors (Lipinski definition) is 10. The number of aromatic hydroxyl groups is 1. The number of phenols is 1. The Bertz CT molecular complexity index is 1420. The number of nitrogens with zero attached hydrogens (tertiary/aromatic N) is 1. The van der Waals surface area contributed by atoms with E-state index in [9.17, 15) is 39.0 Å². The molecule has 2 unspecified atom stereocenters. The van der Waals surface area contributed by atoms with Crippen molar-refractivity contribution in [3.63, 3.8) is 0 Å². The SMILES string of the molecule is C[C@@H]1c2ccc(C(C)(C)C)c(O)c2C(=O)C2C(=O)[C@@]3(O)C(=O)C(C(N)=O)C(=O)[C@H](N(C)C)[C@H]3[C@H](OC(=O)C3CCC3)[C@H]21. The summed E-state index contributed by atoms with van der Waals surface area (Å²) in [7, 11) is 2.96. The van der Waals surface area contributed by atoms with Gasteiger partial charge in [-0.3, -0.25) is 33.7 Å². The molecule has 1 amide bonds. The fourth-order valence-corrected chi connectivity index (χ4v) is 7.59. The lowest BCUT2D eigenvalue weighted by atomic mass is 9.49. The molecule has 0 heterocycles. The van der Waals surface area contributed by atoms with Gasteiger partial charge in [-0.25, -0.2) is 0 Å². The van der Waals surface area contributed by atoms with Gasteiger partial charge in [-0.15, -0.1) is 0 Å². The molecule has 3 fully saturated rings. The molecule has 0 spiro atoms. The van der Waals surface area contributed by atoms with E-state index in [1.54, 1.807) is 19.1 Å². The zero-order chi connectivity index (χ0) is 31.2. The van der Waals surface area contributed by atoms with Crippen molar-refractivity contribution in [1.29, 1.82) is 0 Å². The van der Waals surface area contributed by atoms with Gasteiger partial charge in [-0.2, -0.15) is 0 Å². The Morgan fingerprint density at radius 2 is 1.69 bits per heavy atom. The normalized spacial score (nSPS) is 34.8. The van der Waals surface area contributed by atoms with Crippen LogP contribution < -0.4 is 5.73 Å². The number of aliphatic hydroxyl groups is 1. The van der Waals surface area contributed by atoms with Gasteiger partial charge in [0.25, 0.3) is 0 Å². The number of primary amides is 1. The van der Waals surface area contributed by atoms with Gasteiger partial charge < -0.3 is 20.7 Å². The number of carbonyl (C=O) groups excluding carboxylic acids is 6. The molecule has 3 saturated carbocycles. The summed E-state index contributed by atoms with van der Waals surface area (Å²) in [6.45, 7) is 7.29. The Morgan fingerprint density at radius 1 is 1.07 bits per heavy atom. The fraction of sp³-hybridized carbons (Fsp3) is 0.613. The van der Waals surface area contributed by atoms with Crippen LogP contribution in [0.4, 0.5) is 0 Å². The molecule has 0 bridgehead atoms. The molecule has 0 aromatic heterocycles. The minimum Gasteiger partial charge on any atom is -0.507 e. The zero-order valence-corrected chi connectivity index (χ0v) is 24.7. The van der Waals surface area contributed by atoms with E-state index in [-0.39, 0.29) is 11.3 Å². The highest BCUT2D eigenvalue weighted by Gasteiger charge is 2.74. The van der Waals surface area contributed by atoms with Gasteiger partial charge in [0.15, 0.2) is 34.7 Å². The fourth-order valence-electron chi connectivity index (χ4n) is 7.59. The van der Waals surface area contributed by atoms with Crippen LogP contribution in [0.5, 0.6) is 5.75 Å². The number of carbonyl (C=O) groups is 6. The maximum Gasteiger partial charge on any atom is 0.309 e. The molecule has 0 aliphatic heterocycles. The van der Waals surface area contributed by atoms with E-state index in [0.29, 0.717) is 24.0 Å². The van der Waals surface area contributed by atoms with E-state index in [1.165, 1.54) is 19.0 Å². The maximum absolute atomic E-state index is 14.4. The Labute approximate surface area is 243 Å². The molecule has 11 nitrogen and oxygen atoms in total. The second-order valence-corrected chi connectivity index (χ2v) is 13.6. The van der Waals surface area contributed by atoms with Crippen molar-refractivity contribution in [2.24, 2.45) is 35.3 Å². The number of hydrogen-bond donors (Lipinski definition) is 3. The molecule has 0 saturated heterocycles. The molecule has 8 atom stereocenters. The summed E-state index contributed by atoms with van der Waals surface area (Å²) in [4.78, 5) is 83.0. The predicted octanol–water partition coefficient (Wildman–Crippen LogP) is 1.05. The van der Waals surface area contributed by atoms with Gasteiger partial charge in [0.1, 0.15) is 11.9 Å². The summed E-state index contributed by atoms with van der Waals surface area (Å²) in [6, 6.07) is 2.01. The predicted molar refractivity (Wildman–Crippen MR) is 147 cm³/mol. The van der Waals surface area contributed by atoms with Gasteiger partial charge >= 0.3 is 5.97 Å². The van der Waals surface area contributed by atoms with Crippen LogP contribution >= 0.6 is 0 Å². The van der Waals surface area contributed by atoms with E-state index in [1.807, 2.05) is 20.8 Å². The third kappa shape index (κ3) is 4.00. The molecule has 0 radical (unpaired) electrons. The molecule has 1 aromatic carbocycles. The van der Waals surface area contributed by atoms with Crippen molar-refractivity contribution in [2.75, 3.05) is 14.1 Å². The second-order valence-electron chi connectivity index (χ2n) is 13.6. The smallest absolute Gasteiger partial charge is 0.309 e. The number of likely N-dealkylation sites (N-methyl/N-ethyl adjacent to an activating group) is 1. The first-order chi connectivity index (χ1) is 19.5. The highest BCUT2D eigenvalue weighted by Crippen LogP contribution is 2.56. The van der Waals surface area contributed by atoms with Gasteiger partial charge in [0, 0.05) is 5.92 Å². The van der Waals surface area contributed by atoms with Crippen LogP contribution in [0.25, 0.3) is 0 Å². The minimum absolute atomic E-state index is 0.0920. The Kier molecular flexibility index (Phi) is 7.01. The van der Waals surface area contributed by atoms with Gasteiger partial charge in [-0.1, -0.05) is 46.2 Å². The summed E-state index contributed by atoms with van der Waals surface area (Å²) in [5.41, 5.74) is 2.65. The number of fused-ring (bicyclic) bond motifs is 3. The number of esters is 1. The van der Waals surface area contributed by atoms with E-state index < -0.39 is 93.7 Å². The van der Waals surface area contributed by atoms with Crippen LogP contribution in [-0.2, 0) is 34.1 Å². The summed E-state index contributed by atoms with van der Waals surface area (Å²) in [6.07, 6.45) is 0.550. The van der Waals surface area contributed by atoms with Crippen LogP contribution in [-0.4, -0.2) is 82.0 Å². The average Bonchev–Trinajstić information content (AvgIpc) is 2.83. The van der Waals surface area contributed by atoms with Crippen molar-refractivity contribution >= 4 is 35.0 Å². The Balaban J connectivity index is 1.76. The van der Waals surface area contributed by atoms with Crippen molar-refractivity contribution < 1.29 is 43.7 Å². The minimum atomic E-state index is -3.03. The van der Waals surface area contributed by atoms with Crippen molar-refractivity contribution in [3.05, 3.63) is 28.8 Å². The van der Waals surface area contributed by atoms with Crippen molar-refractivity contribution in [2.45, 2.75) is 76.0 Å². The number of phenolic OH excluding ortho intramolecular Hbond substituents is 1. The molecule has 226 valence electrons. The average molecular weight is 583 g/mol. The number of Topliss-reactive ketones (excluding diaryl/α,β-unsaturated/α-hetero) is 4.